The molecule has 0 unspecified atom stereocenters. The maximum absolute atomic E-state index is 13.7. The summed E-state index contributed by atoms with van der Waals surface area (Å²) in [5, 5.41) is 9.78. The predicted octanol–water partition coefficient (Wildman–Crippen LogP) is 3.22. The Morgan fingerprint density at radius 3 is 2.63 bits per heavy atom. The molecule has 0 aliphatic carbocycles. The molecule has 0 radical (unpaired) electrons. The summed E-state index contributed by atoms with van der Waals surface area (Å²) >= 11 is 0. The molecule has 1 heterocycles. The van der Waals surface area contributed by atoms with E-state index in [1.165, 1.54) is 18.2 Å². The van der Waals surface area contributed by atoms with Crippen LogP contribution >= 0.6 is 0 Å². The fourth-order valence-corrected chi connectivity index (χ4v) is 2.12. The summed E-state index contributed by atoms with van der Waals surface area (Å²) in [6, 6.07) is 8.30. The smallest absolute Gasteiger partial charge is 0.151 e. The highest BCUT2D eigenvalue weighted by Gasteiger charge is 2.15. The first-order valence-corrected chi connectivity index (χ1v) is 5.68. The van der Waals surface area contributed by atoms with E-state index in [2.05, 4.69) is 4.98 Å². The van der Waals surface area contributed by atoms with Crippen molar-refractivity contribution in [3.63, 3.8) is 0 Å². The molecular weight excluding hydrogens is 250 g/mol. The first kappa shape index (κ1) is 11.6. The molecule has 3 nitrogen and oxygen atoms in total. The van der Waals surface area contributed by atoms with Crippen molar-refractivity contribution >= 4 is 11.0 Å². The van der Waals surface area contributed by atoms with Gasteiger partial charge in [0, 0.05) is 13.1 Å². The molecule has 96 valence electrons. The minimum Gasteiger partial charge on any atom is -0.507 e. The molecule has 0 saturated carbocycles. The van der Waals surface area contributed by atoms with Gasteiger partial charge in [0.1, 0.15) is 22.9 Å². The van der Waals surface area contributed by atoms with Crippen LogP contribution in [0, 0.1) is 11.6 Å². The summed E-state index contributed by atoms with van der Waals surface area (Å²) < 4.78 is 28.3. The lowest BCUT2D eigenvalue weighted by Gasteiger charge is -2.04. The second kappa shape index (κ2) is 4.05. The predicted molar refractivity (Wildman–Crippen MR) is 67.7 cm³/mol. The third kappa shape index (κ3) is 1.74. The number of nitrogens with zero attached hydrogens (tertiary/aromatic N) is 2. The van der Waals surface area contributed by atoms with Gasteiger partial charge < -0.3 is 9.67 Å². The molecule has 1 N–H and O–H groups in total. The van der Waals surface area contributed by atoms with Crippen molar-refractivity contribution in [3.05, 3.63) is 48.0 Å². The summed E-state index contributed by atoms with van der Waals surface area (Å²) in [7, 11) is 1.72. The normalized spacial score (nSPS) is 11.1. The van der Waals surface area contributed by atoms with Crippen molar-refractivity contribution in [1.82, 2.24) is 9.55 Å². The Labute approximate surface area is 107 Å². The summed E-state index contributed by atoms with van der Waals surface area (Å²) in [6.45, 7) is 0. The zero-order valence-corrected chi connectivity index (χ0v) is 10.1. The Morgan fingerprint density at radius 1 is 1.16 bits per heavy atom. The molecule has 1 aromatic heterocycles. The van der Waals surface area contributed by atoms with Crippen molar-refractivity contribution in [1.29, 1.82) is 0 Å². The van der Waals surface area contributed by atoms with Crippen LogP contribution in [0.2, 0.25) is 0 Å². The van der Waals surface area contributed by atoms with Crippen molar-refractivity contribution in [2.24, 2.45) is 7.05 Å². The largest absolute Gasteiger partial charge is 0.507 e. The first-order valence-electron chi connectivity index (χ1n) is 5.68. The van der Waals surface area contributed by atoms with Gasteiger partial charge in [-0.05, 0) is 24.3 Å². The minimum atomic E-state index is -0.536. The van der Waals surface area contributed by atoms with Crippen LogP contribution in [0.1, 0.15) is 0 Å². The molecule has 3 aromatic rings. The number of hydrogen-bond donors (Lipinski definition) is 1. The van der Waals surface area contributed by atoms with Gasteiger partial charge >= 0.3 is 0 Å². The third-order valence-electron chi connectivity index (χ3n) is 3.06. The Hall–Kier alpha value is -2.43. The van der Waals surface area contributed by atoms with E-state index in [4.69, 9.17) is 0 Å². The number of fused-ring (bicyclic) bond motifs is 1. The number of aromatic nitrogens is 2. The van der Waals surface area contributed by atoms with Crippen LogP contribution in [0.3, 0.4) is 0 Å². The van der Waals surface area contributed by atoms with Crippen LogP contribution in [-0.4, -0.2) is 14.7 Å². The van der Waals surface area contributed by atoms with E-state index in [-0.39, 0.29) is 11.3 Å². The van der Waals surface area contributed by atoms with Gasteiger partial charge in [-0.3, -0.25) is 0 Å². The lowest BCUT2D eigenvalue weighted by Crippen LogP contribution is -1.93. The number of imidazole rings is 1. The van der Waals surface area contributed by atoms with Crippen LogP contribution in [-0.2, 0) is 7.05 Å². The lowest BCUT2D eigenvalue weighted by atomic mass is 10.2. The van der Waals surface area contributed by atoms with Crippen molar-refractivity contribution in [2.45, 2.75) is 0 Å². The summed E-state index contributed by atoms with van der Waals surface area (Å²) in [6.07, 6.45) is 0. The van der Waals surface area contributed by atoms with Crippen LogP contribution in [0.15, 0.2) is 36.4 Å². The molecule has 0 amide bonds. The van der Waals surface area contributed by atoms with Crippen LogP contribution in [0.4, 0.5) is 8.78 Å². The molecule has 0 saturated heterocycles. The minimum absolute atomic E-state index is 0.223. The standard InChI is InChI=1S/C14H10F2N2O/c1-18-11-4-2-3-10(16)13(11)17-14(18)9-6-5-8(15)7-12(9)19/h2-7,19H,1H3. The Morgan fingerprint density at radius 2 is 1.95 bits per heavy atom. The number of aryl methyl sites for hydroxylation is 1. The zero-order valence-electron chi connectivity index (χ0n) is 10.1. The van der Waals surface area contributed by atoms with Gasteiger partial charge in [-0.2, -0.15) is 0 Å². The molecule has 0 fully saturated rings. The second-order valence-electron chi connectivity index (χ2n) is 4.26. The van der Waals surface area contributed by atoms with Gasteiger partial charge in [-0.25, -0.2) is 13.8 Å². The van der Waals surface area contributed by atoms with E-state index in [0.717, 1.165) is 6.07 Å². The molecule has 0 bridgehead atoms. The zero-order chi connectivity index (χ0) is 13.6. The Kier molecular flexibility index (Phi) is 2.48. The number of phenols is 1. The highest BCUT2D eigenvalue weighted by Crippen LogP contribution is 2.31. The van der Waals surface area contributed by atoms with E-state index < -0.39 is 11.6 Å². The van der Waals surface area contributed by atoms with Crippen LogP contribution in [0.25, 0.3) is 22.4 Å². The molecule has 5 heteroatoms. The summed E-state index contributed by atoms with van der Waals surface area (Å²) in [5.41, 5.74) is 1.20. The Balaban J connectivity index is 2.31. The van der Waals surface area contributed by atoms with Gasteiger partial charge in [-0.1, -0.05) is 6.07 Å². The molecule has 19 heavy (non-hydrogen) atoms. The first-order chi connectivity index (χ1) is 9.08. The summed E-state index contributed by atoms with van der Waals surface area (Å²) in [5.74, 6) is -0.802. The topological polar surface area (TPSA) is 38.0 Å². The lowest BCUT2D eigenvalue weighted by molar-refractivity contribution is 0.470. The monoisotopic (exact) mass is 260 g/mol. The van der Waals surface area contributed by atoms with Crippen molar-refractivity contribution < 1.29 is 13.9 Å². The summed E-state index contributed by atoms with van der Waals surface area (Å²) in [4.78, 5) is 4.18. The molecular formula is C14H10F2N2O. The quantitative estimate of drug-likeness (QED) is 0.729. The van der Waals surface area contributed by atoms with Gasteiger partial charge in [0.15, 0.2) is 5.82 Å². The average molecular weight is 260 g/mol. The SMILES string of the molecule is Cn1c(-c2ccc(F)cc2O)nc2c(F)cccc21. The van der Waals surface area contributed by atoms with Crippen molar-refractivity contribution in [2.75, 3.05) is 0 Å². The molecule has 0 aliphatic heterocycles. The fraction of sp³-hybridized carbons (Fsp3) is 0.0714. The maximum Gasteiger partial charge on any atom is 0.151 e. The molecule has 0 spiro atoms. The van der Waals surface area contributed by atoms with Crippen molar-refractivity contribution in [3.8, 4) is 17.1 Å². The van der Waals surface area contributed by atoms with Gasteiger partial charge in [0.2, 0.25) is 0 Å². The molecule has 3 rings (SSSR count). The molecule has 2 aromatic carbocycles. The number of halogens is 2. The van der Waals surface area contributed by atoms with Gasteiger partial charge in [0.25, 0.3) is 0 Å². The third-order valence-corrected chi connectivity index (χ3v) is 3.06. The van der Waals surface area contributed by atoms with Crippen LogP contribution < -0.4 is 0 Å². The van der Waals surface area contributed by atoms with Gasteiger partial charge in [-0.15, -0.1) is 0 Å². The highest BCUT2D eigenvalue weighted by molar-refractivity contribution is 5.82. The van der Waals surface area contributed by atoms with E-state index in [9.17, 15) is 13.9 Å². The van der Waals surface area contributed by atoms with E-state index in [1.54, 1.807) is 23.7 Å². The van der Waals surface area contributed by atoms with E-state index in [1.807, 2.05) is 0 Å². The fourth-order valence-electron chi connectivity index (χ4n) is 2.12. The maximum atomic E-state index is 13.7. The van der Waals surface area contributed by atoms with E-state index in [0.29, 0.717) is 16.9 Å². The Bertz CT molecular complexity index is 780. The van der Waals surface area contributed by atoms with E-state index >= 15 is 0 Å². The molecule has 0 atom stereocenters. The van der Waals surface area contributed by atoms with Gasteiger partial charge in [0.05, 0.1) is 11.1 Å². The van der Waals surface area contributed by atoms with Crippen LogP contribution in [0.5, 0.6) is 5.75 Å². The number of hydrogen-bond acceptors (Lipinski definition) is 2. The second-order valence-corrected chi connectivity index (χ2v) is 4.26. The molecule has 0 aliphatic rings. The number of benzene rings is 2. The number of phenolic OH excluding ortho intramolecular Hbond substituents is 1. The highest BCUT2D eigenvalue weighted by atomic mass is 19.1. The number of para-hydroxylation sites is 1. The number of rotatable bonds is 1. The number of aromatic hydroxyl groups is 1. The average Bonchev–Trinajstić information content (AvgIpc) is 2.69.